The van der Waals surface area contributed by atoms with Crippen LogP contribution in [0, 0.1) is 0 Å². The molecule has 0 unspecified atom stereocenters. The van der Waals surface area contributed by atoms with Crippen molar-refractivity contribution in [1.29, 1.82) is 0 Å². The molecule has 17 heavy (non-hydrogen) atoms. The molecule has 1 aromatic heterocycles. The van der Waals surface area contributed by atoms with E-state index in [4.69, 9.17) is 4.98 Å². The van der Waals surface area contributed by atoms with Crippen molar-refractivity contribution in [1.82, 2.24) is 4.98 Å². The Morgan fingerprint density at radius 3 is 2.76 bits per heavy atom. The third-order valence-electron chi connectivity index (χ3n) is 4.07. The Bertz CT molecular complexity index is 435. The van der Waals surface area contributed by atoms with Crippen LogP contribution in [-0.4, -0.2) is 36.7 Å². The van der Waals surface area contributed by atoms with E-state index in [1.54, 1.807) is 0 Å². The van der Waals surface area contributed by atoms with Gasteiger partial charge in [0.1, 0.15) is 0 Å². The lowest BCUT2D eigenvalue weighted by molar-refractivity contribution is -0.895. The largest absolute Gasteiger partial charge is 0.328 e. The molecule has 1 saturated heterocycles. The molecule has 1 aliphatic heterocycles. The summed E-state index contributed by atoms with van der Waals surface area (Å²) in [6.07, 6.45) is 9.49. The quantitative estimate of drug-likeness (QED) is 0.697. The molecule has 2 nitrogen and oxygen atoms in total. The van der Waals surface area contributed by atoms with Crippen LogP contribution in [0.15, 0.2) is 6.08 Å². The minimum Gasteiger partial charge on any atom is -0.328 e. The van der Waals surface area contributed by atoms with E-state index in [9.17, 15) is 0 Å². The monoisotopic (exact) mass is 249 g/mol. The van der Waals surface area contributed by atoms with Crippen molar-refractivity contribution in [3.63, 3.8) is 0 Å². The van der Waals surface area contributed by atoms with Gasteiger partial charge in [0.25, 0.3) is 0 Å². The summed E-state index contributed by atoms with van der Waals surface area (Å²) in [7, 11) is 4.68. The van der Waals surface area contributed by atoms with E-state index in [0.717, 1.165) is 5.92 Å². The molecule has 0 atom stereocenters. The fraction of sp³-hybridized carbons (Fsp3) is 0.643. The molecular weight excluding hydrogens is 228 g/mol. The third-order valence-corrected chi connectivity index (χ3v) is 5.37. The van der Waals surface area contributed by atoms with Crippen LogP contribution in [0.4, 0.5) is 0 Å². The molecule has 1 aliphatic carbocycles. The first kappa shape index (κ1) is 11.4. The number of hydrogen-bond donors (Lipinski definition) is 0. The lowest BCUT2D eigenvalue weighted by Gasteiger charge is -2.36. The van der Waals surface area contributed by atoms with Crippen molar-refractivity contribution in [2.45, 2.75) is 31.6 Å². The second-order valence-electron chi connectivity index (χ2n) is 5.96. The first-order chi connectivity index (χ1) is 8.14. The van der Waals surface area contributed by atoms with E-state index in [2.05, 4.69) is 26.2 Å². The second kappa shape index (κ2) is 4.21. The van der Waals surface area contributed by atoms with Crippen LogP contribution < -0.4 is 0 Å². The normalized spacial score (nSPS) is 23.6. The summed E-state index contributed by atoms with van der Waals surface area (Å²) >= 11 is 1.97. The van der Waals surface area contributed by atoms with Crippen molar-refractivity contribution < 1.29 is 4.48 Å². The molecular formula is C14H21N2S+. The zero-order chi connectivity index (χ0) is 11.9. The van der Waals surface area contributed by atoms with Gasteiger partial charge in [0.15, 0.2) is 0 Å². The summed E-state index contributed by atoms with van der Waals surface area (Å²) in [5, 5.41) is 1.40. The molecule has 1 aromatic rings. The highest BCUT2D eigenvalue weighted by Crippen LogP contribution is 2.35. The van der Waals surface area contributed by atoms with Gasteiger partial charge in [0, 0.05) is 23.6 Å². The lowest BCUT2D eigenvalue weighted by atomic mass is 9.96. The van der Waals surface area contributed by atoms with E-state index in [1.807, 2.05) is 11.3 Å². The van der Waals surface area contributed by atoms with Gasteiger partial charge in [-0.1, -0.05) is 6.08 Å². The third kappa shape index (κ3) is 2.31. The first-order valence-electron chi connectivity index (χ1n) is 6.62. The molecule has 0 radical (unpaired) electrons. The standard InChI is InChI=1S/C14H21N2S/c1-16(2)9-7-11(8-10-16)14-15-12-5-3-4-6-13(12)17-14/h3,5,11H,4,6-10H2,1-2H3/q+1. The van der Waals surface area contributed by atoms with Crippen LogP contribution >= 0.6 is 11.3 Å². The Morgan fingerprint density at radius 2 is 2.06 bits per heavy atom. The molecule has 0 bridgehead atoms. The van der Waals surface area contributed by atoms with Crippen molar-refractivity contribution in [2.75, 3.05) is 27.2 Å². The summed E-state index contributed by atoms with van der Waals surface area (Å²) in [4.78, 5) is 6.36. The Hall–Kier alpha value is -0.670. The molecule has 92 valence electrons. The number of hydrogen-bond acceptors (Lipinski definition) is 2. The van der Waals surface area contributed by atoms with Crippen LogP contribution in [0.2, 0.25) is 0 Å². The molecule has 2 heterocycles. The predicted octanol–water partition coefficient (Wildman–Crippen LogP) is 3.06. The van der Waals surface area contributed by atoms with Crippen LogP contribution in [0.3, 0.4) is 0 Å². The van der Waals surface area contributed by atoms with Gasteiger partial charge in [-0.2, -0.15) is 0 Å². The van der Waals surface area contributed by atoms with Gasteiger partial charge in [-0.15, -0.1) is 11.3 Å². The average Bonchev–Trinajstić information content (AvgIpc) is 2.72. The number of likely N-dealkylation sites (tertiary alicyclic amines) is 1. The summed E-state index contributed by atoms with van der Waals surface area (Å²) in [6.45, 7) is 2.59. The molecule has 0 spiro atoms. The van der Waals surface area contributed by atoms with E-state index < -0.39 is 0 Å². The number of quaternary nitrogens is 1. The molecule has 0 saturated carbocycles. The van der Waals surface area contributed by atoms with Gasteiger partial charge in [0.2, 0.25) is 0 Å². The average molecular weight is 249 g/mol. The molecule has 1 fully saturated rings. The number of fused-ring (bicyclic) bond motifs is 1. The van der Waals surface area contributed by atoms with E-state index >= 15 is 0 Å². The van der Waals surface area contributed by atoms with Crippen LogP contribution in [0.1, 0.15) is 40.8 Å². The van der Waals surface area contributed by atoms with Gasteiger partial charge >= 0.3 is 0 Å². The molecule has 3 rings (SSSR count). The van der Waals surface area contributed by atoms with Gasteiger partial charge < -0.3 is 4.48 Å². The number of piperidine rings is 1. The number of allylic oxidation sites excluding steroid dienone is 1. The maximum atomic E-state index is 4.85. The number of aromatic nitrogens is 1. The first-order valence-corrected chi connectivity index (χ1v) is 7.44. The highest BCUT2D eigenvalue weighted by Gasteiger charge is 2.29. The summed E-state index contributed by atoms with van der Waals surface area (Å²) in [6, 6.07) is 0. The van der Waals surface area contributed by atoms with Gasteiger partial charge in [0.05, 0.1) is 37.9 Å². The predicted molar refractivity (Wildman–Crippen MR) is 73.3 cm³/mol. The van der Waals surface area contributed by atoms with Crippen molar-refractivity contribution in [3.05, 3.63) is 21.7 Å². The van der Waals surface area contributed by atoms with E-state index in [-0.39, 0.29) is 0 Å². The number of nitrogens with zero attached hydrogens (tertiary/aromatic N) is 2. The van der Waals surface area contributed by atoms with Crippen molar-refractivity contribution in [2.24, 2.45) is 0 Å². The Kier molecular flexibility index (Phi) is 2.83. The maximum Gasteiger partial charge on any atom is 0.0970 e. The highest BCUT2D eigenvalue weighted by molar-refractivity contribution is 7.11. The highest BCUT2D eigenvalue weighted by atomic mass is 32.1. The summed E-state index contributed by atoms with van der Waals surface area (Å²) in [5.74, 6) is 0.727. The fourth-order valence-corrected chi connectivity index (χ4v) is 4.03. The molecule has 0 amide bonds. The van der Waals surface area contributed by atoms with Crippen molar-refractivity contribution in [3.8, 4) is 0 Å². The summed E-state index contributed by atoms with van der Waals surface area (Å²) < 4.78 is 1.18. The topological polar surface area (TPSA) is 12.9 Å². The smallest absolute Gasteiger partial charge is 0.0970 e. The Morgan fingerprint density at radius 1 is 1.29 bits per heavy atom. The minimum atomic E-state index is 0.727. The zero-order valence-corrected chi connectivity index (χ0v) is 11.6. The molecule has 2 aliphatic rings. The maximum absolute atomic E-state index is 4.85. The SMILES string of the molecule is C[N+]1(C)CCC(c2nc3c(s2)CCC=C3)CC1. The van der Waals surface area contributed by atoms with Gasteiger partial charge in [-0.3, -0.25) is 0 Å². The lowest BCUT2D eigenvalue weighted by Crippen LogP contribution is -2.45. The Balaban J connectivity index is 1.77. The van der Waals surface area contributed by atoms with Crippen molar-refractivity contribution >= 4 is 17.4 Å². The van der Waals surface area contributed by atoms with Crippen LogP contribution in [0.5, 0.6) is 0 Å². The van der Waals surface area contributed by atoms with E-state index in [0.29, 0.717) is 0 Å². The van der Waals surface area contributed by atoms with E-state index in [1.165, 1.54) is 58.8 Å². The summed E-state index contributed by atoms with van der Waals surface area (Å²) in [5.41, 5.74) is 1.26. The number of aryl methyl sites for hydroxylation is 1. The number of thiazole rings is 1. The number of rotatable bonds is 1. The second-order valence-corrected chi connectivity index (χ2v) is 7.07. The fourth-order valence-electron chi connectivity index (χ4n) is 2.79. The van der Waals surface area contributed by atoms with Gasteiger partial charge in [-0.25, -0.2) is 4.98 Å². The van der Waals surface area contributed by atoms with Crippen LogP contribution in [0.25, 0.3) is 6.08 Å². The minimum absolute atomic E-state index is 0.727. The molecule has 0 aromatic carbocycles. The zero-order valence-electron chi connectivity index (χ0n) is 10.8. The van der Waals surface area contributed by atoms with Gasteiger partial charge in [-0.05, 0) is 18.9 Å². The molecule has 3 heteroatoms. The van der Waals surface area contributed by atoms with Crippen LogP contribution in [-0.2, 0) is 6.42 Å². The molecule has 0 N–H and O–H groups in total. The Labute approximate surface area is 108 Å².